The maximum atomic E-state index is 2.79. The van der Waals surface area contributed by atoms with Gasteiger partial charge in [0, 0.05) is 37.8 Å². The van der Waals surface area contributed by atoms with Crippen LogP contribution in [0.15, 0.2) is 0 Å². The van der Waals surface area contributed by atoms with Crippen LogP contribution in [0.1, 0.15) is 54.4 Å². The topological polar surface area (TPSA) is 6.48 Å². The van der Waals surface area contributed by atoms with Gasteiger partial charge in [-0.2, -0.15) is 0 Å². The standard InChI is InChI=1S/C18H34N2/c1-17(2,3)15-11-19(12-15)16-7-13-9-20(18(4,5)6)10-14(13)8-16/h13-16H,7-12H2,1-6H3/t13-,14+,16?. The third kappa shape index (κ3) is 2.66. The van der Waals surface area contributed by atoms with Crippen LogP contribution in [0.25, 0.3) is 0 Å². The number of nitrogens with zero attached hydrogens (tertiary/aromatic N) is 2. The van der Waals surface area contributed by atoms with Gasteiger partial charge >= 0.3 is 0 Å². The first-order valence-corrected chi connectivity index (χ1v) is 8.63. The van der Waals surface area contributed by atoms with Crippen LogP contribution in [0.4, 0.5) is 0 Å². The average Bonchev–Trinajstić information content (AvgIpc) is 2.67. The van der Waals surface area contributed by atoms with Crippen LogP contribution in [0.5, 0.6) is 0 Å². The van der Waals surface area contributed by atoms with Crippen molar-refractivity contribution < 1.29 is 0 Å². The van der Waals surface area contributed by atoms with Crippen LogP contribution >= 0.6 is 0 Å². The quantitative estimate of drug-likeness (QED) is 0.724. The van der Waals surface area contributed by atoms with Crippen molar-refractivity contribution in [3.63, 3.8) is 0 Å². The Morgan fingerprint density at radius 2 is 1.25 bits per heavy atom. The fourth-order valence-corrected chi connectivity index (χ4v) is 4.47. The van der Waals surface area contributed by atoms with E-state index < -0.39 is 0 Å². The van der Waals surface area contributed by atoms with Crippen LogP contribution in [-0.4, -0.2) is 47.6 Å². The number of hydrogen-bond donors (Lipinski definition) is 0. The van der Waals surface area contributed by atoms with E-state index in [4.69, 9.17) is 0 Å². The minimum absolute atomic E-state index is 0.369. The van der Waals surface area contributed by atoms with E-state index in [0.717, 1.165) is 23.8 Å². The number of rotatable bonds is 1. The molecule has 3 atom stereocenters. The van der Waals surface area contributed by atoms with E-state index >= 15 is 0 Å². The lowest BCUT2D eigenvalue weighted by atomic mass is 9.75. The molecule has 2 heteroatoms. The fourth-order valence-electron chi connectivity index (χ4n) is 4.47. The van der Waals surface area contributed by atoms with Crippen molar-refractivity contribution in [3.05, 3.63) is 0 Å². The van der Waals surface area contributed by atoms with Gasteiger partial charge in [0.05, 0.1) is 0 Å². The van der Waals surface area contributed by atoms with E-state index in [1.165, 1.54) is 39.0 Å². The monoisotopic (exact) mass is 278 g/mol. The normalized spacial score (nSPS) is 37.2. The molecule has 20 heavy (non-hydrogen) atoms. The molecule has 0 bridgehead atoms. The molecule has 0 aromatic heterocycles. The number of fused-ring (bicyclic) bond motifs is 1. The molecule has 2 saturated heterocycles. The zero-order chi connectivity index (χ0) is 14.7. The molecule has 0 spiro atoms. The van der Waals surface area contributed by atoms with E-state index in [1.54, 1.807) is 0 Å². The largest absolute Gasteiger partial charge is 0.300 e. The summed E-state index contributed by atoms with van der Waals surface area (Å²) in [5.74, 6) is 2.88. The predicted octanol–water partition coefficient (Wildman–Crippen LogP) is 3.47. The van der Waals surface area contributed by atoms with Gasteiger partial charge in [0.2, 0.25) is 0 Å². The SMILES string of the molecule is CC(C)(C)C1CN(C2C[C@@H]3CN(C(C)(C)C)C[C@@H]3C2)C1. The van der Waals surface area contributed by atoms with Gasteiger partial charge in [-0.05, 0) is 56.8 Å². The van der Waals surface area contributed by atoms with Crippen LogP contribution in [-0.2, 0) is 0 Å². The smallest absolute Gasteiger partial charge is 0.0125 e. The Labute approximate surface area is 125 Å². The van der Waals surface area contributed by atoms with Gasteiger partial charge in [-0.1, -0.05) is 20.8 Å². The van der Waals surface area contributed by atoms with E-state index in [1.807, 2.05) is 0 Å². The molecule has 1 aliphatic carbocycles. The Morgan fingerprint density at radius 3 is 1.65 bits per heavy atom. The Hall–Kier alpha value is -0.0800. The second kappa shape index (κ2) is 4.71. The molecule has 3 fully saturated rings. The molecule has 0 aromatic carbocycles. The van der Waals surface area contributed by atoms with Crippen LogP contribution in [0, 0.1) is 23.2 Å². The number of hydrogen-bond acceptors (Lipinski definition) is 2. The van der Waals surface area contributed by atoms with Crippen molar-refractivity contribution in [2.24, 2.45) is 23.2 Å². The lowest BCUT2D eigenvalue weighted by Crippen LogP contribution is -2.55. The molecule has 2 heterocycles. The van der Waals surface area contributed by atoms with Crippen LogP contribution in [0.2, 0.25) is 0 Å². The Balaban J connectivity index is 1.50. The molecule has 0 N–H and O–H groups in total. The number of likely N-dealkylation sites (tertiary alicyclic amines) is 2. The van der Waals surface area contributed by atoms with Gasteiger partial charge in [-0.25, -0.2) is 0 Å². The maximum absolute atomic E-state index is 2.79. The molecule has 0 aromatic rings. The third-order valence-corrected chi connectivity index (χ3v) is 6.33. The zero-order valence-corrected chi connectivity index (χ0v) is 14.4. The summed E-state index contributed by atoms with van der Waals surface area (Å²) in [4.78, 5) is 5.50. The minimum atomic E-state index is 0.369. The second-order valence-corrected chi connectivity index (χ2v) is 9.74. The van der Waals surface area contributed by atoms with Gasteiger partial charge in [0.1, 0.15) is 0 Å². The summed E-state index contributed by atoms with van der Waals surface area (Å²) in [6, 6.07) is 0.908. The minimum Gasteiger partial charge on any atom is -0.300 e. The molecule has 0 amide bonds. The fraction of sp³-hybridized carbons (Fsp3) is 1.00. The highest BCUT2D eigenvalue weighted by Gasteiger charge is 2.48. The lowest BCUT2D eigenvalue weighted by molar-refractivity contribution is -0.00906. The van der Waals surface area contributed by atoms with Gasteiger partial charge in [-0.3, -0.25) is 9.80 Å². The van der Waals surface area contributed by atoms with Gasteiger partial charge < -0.3 is 0 Å². The van der Waals surface area contributed by atoms with Crippen LogP contribution < -0.4 is 0 Å². The summed E-state index contributed by atoms with van der Waals surface area (Å²) in [6.07, 6.45) is 2.93. The Bertz CT molecular complexity index is 343. The summed E-state index contributed by atoms with van der Waals surface area (Å²) in [7, 11) is 0. The van der Waals surface area contributed by atoms with E-state index in [0.29, 0.717) is 11.0 Å². The molecule has 116 valence electrons. The van der Waals surface area contributed by atoms with Crippen molar-refractivity contribution in [2.45, 2.75) is 66.0 Å². The molecular weight excluding hydrogens is 244 g/mol. The summed E-state index contributed by atoms with van der Waals surface area (Å²) in [6.45, 7) is 19.7. The van der Waals surface area contributed by atoms with E-state index in [9.17, 15) is 0 Å². The van der Waals surface area contributed by atoms with Crippen molar-refractivity contribution in [1.29, 1.82) is 0 Å². The van der Waals surface area contributed by atoms with Gasteiger partial charge in [-0.15, -0.1) is 0 Å². The molecule has 3 rings (SSSR count). The first kappa shape index (κ1) is 14.8. The molecule has 1 saturated carbocycles. The summed E-state index contributed by atoms with van der Waals surface area (Å²) < 4.78 is 0. The highest BCUT2D eigenvalue weighted by molar-refractivity contribution is 5.01. The lowest BCUT2D eigenvalue weighted by Gasteiger charge is -2.49. The first-order chi connectivity index (χ1) is 9.14. The van der Waals surface area contributed by atoms with Crippen LogP contribution in [0.3, 0.4) is 0 Å². The van der Waals surface area contributed by atoms with E-state index in [-0.39, 0.29) is 0 Å². The van der Waals surface area contributed by atoms with Gasteiger partial charge in [0.15, 0.2) is 0 Å². The summed E-state index contributed by atoms with van der Waals surface area (Å²) in [5.41, 5.74) is 0.877. The zero-order valence-electron chi connectivity index (χ0n) is 14.4. The van der Waals surface area contributed by atoms with Crippen molar-refractivity contribution in [2.75, 3.05) is 26.2 Å². The predicted molar refractivity (Wildman–Crippen MR) is 85.8 cm³/mol. The average molecular weight is 278 g/mol. The summed E-state index contributed by atoms with van der Waals surface area (Å²) >= 11 is 0. The third-order valence-electron chi connectivity index (χ3n) is 6.33. The molecule has 1 unspecified atom stereocenters. The molecule has 3 aliphatic rings. The van der Waals surface area contributed by atoms with Crippen molar-refractivity contribution in [3.8, 4) is 0 Å². The summed E-state index contributed by atoms with van der Waals surface area (Å²) in [5, 5.41) is 0. The molecule has 2 aliphatic heterocycles. The molecule has 0 radical (unpaired) electrons. The highest BCUT2D eigenvalue weighted by atomic mass is 15.3. The Kier molecular flexibility index (Phi) is 3.49. The molecule has 2 nitrogen and oxygen atoms in total. The van der Waals surface area contributed by atoms with Gasteiger partial charge in [0.25, 0.3) is 0 Å². The maximum Gasteiger partial charge on any atom is 0.0125 e. The van der Waals surface area contributed by atoms with Crippen molar-refractivity contribution in [1.82, 2.24) is 9.80 Å². The highest BCUT2D eigenvalue weighted by Crippen LogP contribution is 2.45. The van der Waals surface area contributed by atoms with E-state index in [2.05, 4.69) is 51.3 Å². The first-order valence-electron chi connectivity index (χ1n) is 8.63. The Morgan fingerprint density at radius 1 is 0.750 bits per heavy atom. The second-order valence-electron chi connectivity index (χ2n) is 9.74. The molecular formula is C18H34N2. The van der Waals surface area contributed by atoms with Crippen molar-refractivity contribution >= 4 is 0 Å².